The van der Waals surface area contributed by atoms with Gasteiger partial charge in [-0.15, -0.1) is 0 Å². The molecule has 1 aromatic carbocycles. The first-order valence-corrected chi connectivity index (χ1v) is 11.0. The Morgan fingerprint density at radius 3 is 2.50 bits per heavy atom. The van der Waals surface area contributed by atoms with Crippen LogP contribution in [-0.2, 0) is 0 Å². The summed E-state index contributed by atoms with van der Waals surface area (Å²) in [4.78, 5) is 21.0. The zero-order valence-corrected chi connectivity index (χ0v) is 18.8. The number of pyridine rings is 2. The molecule has 6 nitrogen and oxygen atoms in total. The molecule has 0 unspecified atom stereocenters. The summed E-state index contributed by atoms with van der Waals surface area (Å²) in [5, 5.41) is 2.76. The summed E-state index contributed by atoms with van der Waals surface area (Å²) in [6, 6.07) is 5.86. The van der Waals surface area contributed by atoms with Gasteiger partial charge in [-0.1, -0.05) is 6.92 Å². The summed E-state index contributed by atoms with van der Waals surface area (Å²) < 4.78 is 48.4. The average molecular weight is 470 g/mol. The number of anilines is 1. The molecule has 1 amide bonds. The van der Waals surface area contributed by atoms with Gasteiger partial charge >= 0.3 is 0 Å². The van der Waals surface area contributed by atoms with Gasteiger partial charge in [-0.2, -0.15) is 0 Å². The molecule has 178 valence electrons. The summed E-state index contributed by atoms with van der Waals surface area (Å²) >= 11 is 0. The minimum atomic E-state index is -1.06. The number of carbonyl (C=O) groups excluding carboxylic acids is 1. The highest BCUT2D eigenvalue weighted by Crippen LogP contribution is 2.38. The number of aromatic nitrogens is 2. The van der Waals surface area contributed by atoms with E-state index >= 15 is 0 Å². The average Bonchev–Trinajstić information content (AvgIpc) is 2.79. The Morgan fingerprint density at radius 1 is 1.09 bits per heavy atom. The molecule has 2 aromatic heterocycles. The third-order valence-corrected chi connectivity index (χ3v) is 6.09. The van der Waals surface area contributed by atoms with E-state index in [-0.39, 0.29) is 23.4 Å². The van der Waals surface area contributed by atoms with Crippen LogP contribution in [0.1, 0.15) is 48.2 Å². The highest BCUT2D eigenvalue weighted by Gasteiger charge is 2.28. The molecule has 1 saturated carbocycles. The SMILES string of the molecule is COc1cc(F)c(-c2nc(C(=O)Nc3cnccc3[C@@H]3C[C@H](C)C[C@H](N)C3)ccc2F)c(F)c1. The molecule has 4 rings (SSSR count). The molecule has 1 aliphatic carbocycles. The van der Waals surface area contributed by atoms with Crippen molar-refractivity contribution < 1.29 is 22.7 Å². The van der Waals surface area contributed by atoms with Gasteiger partial charge in [-0.3, -0.25) is 9.78 Å². The number of methoxy groups -OCH3 is 1. The number of nitrogens with one attached hydrogen (secondary N) is 1. The first-order valence-electron chi connectivity index (χ1n) is 11.0. The largest absolute Gasteiger partial charge is 0.497 e. The molecule has 0 spiro atoms. The van der Waals surface area contributed by atoms with Crippen molar-refractivity contribution in [3.63, 3.8) is 0 Å². The number of hydrogen-bond acceptors (Lipinski definition) is 5. The second kappa shape index (κ2) is 9.80. The molecule has 0 bridgehead atoms. The van der Waals surface area contributed by atoms with Crippen LogP contribution in [-0.4, -0.2) is 29.0 Å². The Hall–Kier alpha value is -3.46. The Morgan fingerprint density at radius 2 is 1.82 bits per heavy atom. The highest BCUT2D eigenvalue weighted by atomic mass is 19.1. The van der Waals surface area contributed by atoms with E-state index in [0.717, 1.165) is 49.1 Å². The van der Waals surface area contributed by atoms with Crippen molar-refractivity contribution in [1.29, 1.82) is 0 Å². The van der Waals surface area contributed by atoms with E-state index in [2.05, 4.69) is 22.2 Å². The Balaban J connectivity index is 1.64. The molecule has 34 heavy (non-hydrogen) atoms. The second-order valence-corrected chi connectivity index (χ2v) is 8.68. The maximum absolute atomic E-state index is 14.5. The van der Waals surface area contributed by atoms with Crippen molar-refractivity contribution in [1.82, 2.24) is 9.97 Å². The normalized spacial score (nSPS) is 20.1. The van der Waals surface area contributed by atoms with Crippen LogP contribution in [0.5, 0.6) is 5.75 Å². The predicted molar refractivity (Wildman–Crippen MR) is 122 cm³/mol. The van der Waals surface area contributed by atoms with E-state index in [1.807, 2.05) is 6.07 Å². The van der Waals surface area contributed by atoms with Gasteiger partial charge in [0.15, 0.2) is 0 Å². The first kappa shape index (κ1) is 23.7. The van der Waals surface area contributed by atoms with Gasteiger partial charge in [0.1, 0.15) is 34.6 Å². The molecule has 1 aliphatic rings. The lowest BCUT2D eigenvalue weighted by Crippen LogP contribution is -2.31. The molecule has 1 fully saturated rings. The Labute approximate surface area is 195 Å². The van der Waals surface area contributed by atoms with Crippen molar-refractivity contribution in [2.45, 2.75) is 38.1 Å². The van der Waals surface area contributed by atoms with E-state index in [1.165, 1.54) is 13.3 Å². The summed E-state index contributed by atoms with van der Waals surface area (Å²) in [6.45, 7) is 2.15. The van der Waals surface area contributed by atoms with Gasteiger partial charge < -0.3 is 15.8 Å². The second-order valence-electron chi connectivity index (χ2n) is 8.68. The molecular weight excluding hydrogens is 445 g/mol. The summed E-state index contributed by atoms with van der Waals surface area (Å²) in [6.07, 6.45) is 5.84. The van der Waals surface area contributed by atoms with Crippen LogP contribution in [0.15, 0.2) is 42.7 Å². The molecular formula is C25H25F3N4O2. The number of ether oxygens (including phenoxy) is 1. The Kier molecular flexibility index (Phi) is 6.83. The third kappa shape index (κ3) is 4.89. The van der Waals surface area contributed by atoms with E-state index in [1.54, 1.807) is 6.20 Å². The van der Waals surface area contributed by atoms with E-state index in [0.29, 0.717) is 11.6 Å². The molecule has 3 N–H and O–H groups in total. The fourth-order valence-electron chi connectivity index (χ4n) is 4.60. The lowest BCUT2D eigenvalue weighted by atomic mass is 9.76. The number of benzene rings is 1. The van der Waals surface area contributed by atoms with Gasteiger partial charge in [0, 0.05) is 24.4 Å². The summed E-state index contributed by atoms with van der Waals surface area (Å²) in [5.74, 6) is -3.20. The van der Waals surface area contributed by atoms with Crippen molar-refractivity contribution in [2.24, 2.45) is 11.7 Å². The lowest BCUT2D eigenvalue weighted by Gasteiger charge is -2.32. The van der Waals surface area contributed by atoms with Crippen LogP contribution in [0.2, 0.25) is 0 Å². The monoisotopic (exact) mass is 470 g/mol. The molecule has 3 atom stereocenters. The zero-order chi connectivity index (χ0) is 24.4. The molecule has 0 saturated heterocycles. The topological polar surface area (TPSA) is 90.1 Å². The van der Waals surface area contributed by atoms with Gasteiger partial charge in [0.05, 0.1) is 24.6 Å². The smallest absolute Gasteiger partial charge is 0.274 e. The Bertz CT molecular complexity index is 1190. The van der Waals surface area contributed by atoms with Crippen LogP contribution < -0.4 is 15.8 Å². The number of nitrogens with zero attached hydrogens (tertiary/aromatic N) is 2. The minimum absolute atomic E-state index is 0.0612. The zero-order valence-electron chi connectivity index (χ0n) is 18.8. The fourth-order valence-corrected chi connectivity index (χ4v) is 4.60. The van der Waals surface area contributed by atoms with Crippen molar-refractivity contribution in [3.8, 4) is 17.0 Å². The minimum Gasteiger partial charge on any atom is -0.497 e. The van der Waals surface area contributed by atoms with E-state index in [4.69, 9.17) is 10.5 Å². The first-order chi connectivity index (χ1) is 16.3. The third-order valence-electron chi connectivity index (χ3n) is 6.09. The van der Waals surface area contributed by atoms with Gasteiger partial charge in [0.2, 0.25) is 0 Å². The van der Waals surface area contributed by atoms with Crippen molar-refractivity contribution in [2.75, 3.05) is 12.4 Å². The molecule has 2 heterocycles. The van der Waals surface area contributed by atoms with Crippen molar-refractivity contribution >= 4 is 11.6 Å². The fraction of sp³-hybridized carbons (Fsp3) is 0.320. The number of halogens is 3. The van der Waals surface area contributed by atoms with E-state index < -0.39 is 34.6 Å². The summed E-state index contributed by atoms with van der Waals surface area (Å²) in [7, 11) is 1.26. The molecule has 9 heteroatoms. The van der Waals surface area contributed by atoms with Crippen molar-refractivity contribution in [3.05, 3.63) is 71.4 Å². The predicted octanol–water partition coefficient (Wildman–Crippen LogP) is 5.05. The number of carbonyl (C=O) groups is 1. The standard InChI is InChI=1S/C25H25F3N4O2/c1-13-7-14(9-15(29)8-13)17-5-6-30-12-22(17)32-25(33)21-4-3-18(26)24(31-21)23-19(27)10-16(34-2)11-20(23)28/h3-6,10-15H,7-9,29H2,1-2H3,(H,32,33)/t13-,14+,15-/m0/s1. The summed E-state index contributed by atoms with van der Waals surface area (Å²) in [5.41, 5.74) is 6.12. The number of amides is 1. The number of nitrogens with two attached hydrogens (primary N) is 1. The van der Waals surface area contributed by atoms with Crippen LogP contribution in [0.25, 0.3) is 11.3 Å². The number of hydrogen-bond donors (Lipinski definition) is 2. The van der Waals surface area contributed by atoms with Crippen LogP contribution in [0, 0.1) is 23.4 Å². The highest BCUT2D eigenvalue weighted by molar-refractivity contribution is 6.03. The van der Waals surface area contributed by atoms with Gasteiger partial charge in [-0.05, 0) is 54.9 Å². The maximum atomic E-state index is 14.5. The van der Waals surface area contributed by atoms with Crippen LogP contribution in [0.4, 0.5) is 18.9 Å². The van der Waals surface area contributed by atoms with E-state index in [9.17, 15) is 18.0 Å². The molecule has 0 radical (unpaired) electrons. The lowest BCUT2D eigenvalue weighted by molar-refractivity contribution is 0.102. The number of rotatable bonds is 5. The maximum Gasteiger partial charge on any atom is 0.274 e. The van der Waals surface area contributed by atoms with Crippen LogP contribution >= 0.6 is 0 Å². The van der Waals surface area contributed by atoms with Gasteiger partial charge in [-0.25, -0.2) is 18.2 Å². The molecule has 0 aliphatic heterocycles. The van der Waals surface area contributed by atoms with Crippen LogP contribution in [0.3, 0.4) is 0 Å². The van der Waals surface area contributed by atoms with Gasteiger partial charge in [0.25, 0.3) is 5.91 Å². The quantitative estimate of drug-likeness (QED) is 0.545. The molecule has 3 aromatic rings.